The van der Waals surface area contributed by atoms with Gasteiger partial charge in [0.1, 0.15) is 4.60 Å². The van der Waals surface area contributed by atoms with Gasteiger partial charge in [-0.3, -0.25) is 9.48 Å². The first kappa shape index (κ1) is 10.4. The zero-order valence-corrected chi connectivity index (χ0v) is 9.84. The topological polar surface area (TPSA) is 34.9 Å². The number of halogens is 1. The highest BCUT2D eigenvalue weighted by atomic mass is 79.9. The van der Waals surface area contributed by atoms with E-state index in [1.807, 2.05) is 20.8 Å². The normalized spacial score (nSPS) is 11.8. The van der Waals surface area contributed by atoms with Crippen LogP contribution in [0, 0.1) is 5.41 Å². The Balaban J connectivity index is 3.10. The molecule has 0 unspecified atom stereocenters. The van der Waals surface area contributed by atoms with Crippen molar-refractivity contribution in [3.05, 3.63) is 16.4 Å². The number of aryl methyl sites for hydroxylation is 1. The molecule has 4 heteroatoms. The van der Waals surface area contributed by atoms with E-state index in [0.29, 0.717) is 5.56 Å². The van der Waals surface area contributed by atoms with Crippen molar-refractivity contribution in [2.45, 2.75) is 20.8 Å². The molecule has 0 aromatic carbocycles. The van der Waals surface area contributed by atoms with Crippen molar-refractivity contribution in [2.24, 2.45) is 12.5 Å². The molecule has 0 bridgehead atoms. The van der Waals surface area contributed by atoms with Crippen LogP contribution in [0.1, 0.15) is 31.1 Å². The van der Waals surface area contributed by atoms with Crippen LogP contribution >= 0.6 is 15.9 Å². The fraction of sp³-hybridized carbons (Fsp3) is 0.556. The molecule has 13 heavy (non-hydrogen) atoms. The zero-order chi connectivity index (χ0) is 10.2. The molecule has 1 aromatic rings. The SMILES string of the molecule is Cn1ncc(C(=O)C(C)(C)C)c1Br. The summed E-state index contributed by atoms with van der Waals surface area (Å²) in [7, 11) is 1.80. The molecule has 0 amide bonds. The summed E-state index contributed by atoms with van der Waals surface area (Å²) in [6.45, 7) is 5.69. The molecule has 1 heterocycles. The number of Topliss-reactive ketones (excluding diaryl/α,β-unsaturated/α-hetero) is 1. The van der Waals surface area contributed by atoms with Gasteiger partial charge in [0.05, 0.1) is 11.8 Å². The van der Waals surface area contributed by atoms with Crippen molar-refractivity contribution in [1.82, 2.24) is 9.78 Å². The van der Waals surface area contributed by atoms with E-state index in [0.717, 1.165) is 4.60 Å². The van der Waals surface area contributed by atoms with Gasteiger partial charge in [0.25, 0.3) is 0 Å². The van der Waals surface area contributed by atoms with Gasteiger partial charge in [0, 0.05) is 12.5 Å². The molecule has 0 aliphatic carbocycles. The second kappa shape index (κ2) is 3.25. The van der Waals surface area contributed by atoms with Gasteiger partial charge in [-0.15, -0.1) is 0 Å². The van der Waals surface area contributed by atoms with Crippen LogP contribution in [0.15, 0.2) is 10.8 Å². The highest BCUT2D eigenvalue weighted by molar-refractivity contribution is 9.10. The Hall–Kier alpha value is -0.640. The van der Waals surface area contributed by atoms with Gasteiger partial charge in [-0.1, -0.05) is 20.8 Å². The molecule has 0 atom stereocenters. The van der Waals surface area contributed by atoms with Gasteiger partial charge in [0.15, 0.2) is 5.78 Å². The highest BCUT2D eigenvalue weighted by Gasteiger charge is 2.26. The van der Waals surface area contributed by atoms with E-state index in [1.54, 1.807) is 17.9 Å². The minimum atomic E-state index is -0.356. The van der Waals surface area contributed by atoms with E-state index >= 15 is 0 Å². The minimum absolute atomic E-state index is 0.104. The summed E-state index contributed by atoms with van der Waals surface area (Å²) in [5.74, 6) is 0.104. The van der Waals surface area contributed by atoms with Crippen LogP contribution in [0.2, 0.25) is 0 Å². The molecule has 3 nitrogen and oxygen atoms in total. The van der Waals surface area contributed by atoms with Crippen LogP contribution in [0.25, 0.3) is 0 Å². The van der Waals surface area contributed by atoms with Crippen molar-refractivity contribution in [2.75, 3.05) is 0 Å². The van der Waals surface area contributed by atoms with Crippen molar-refractivity contribution in [3.63, 3.8) is 0 Å². The number of hydrogen-bond acceptors (Lipinski definition) is 2. The lowest BCUT2D eigenvalue weighted by Crippen LogP contribution is -2.20. The van der Waals surface area contributed by atoms with Gasteiger partial charge < -0.3 is 0 Å². The largest absolute Gasteiger partial charge is 0.293 e. The van der Waals surface area contributed by atoms with Crippen molar-refractivity contribution >= 4 is 21.7 Å². The highest BCUT2D eigenvalue weighted by Crippen LogP contribution is 2.25. The van der Waals surface area contributed by atoms with Gasteiger partial charge in [0.2, 0.25) is 0 Å². The van der Waals surface area contributed by atoms with E-state index in [2.05, 4.69) is 21.0 Å². The first-order valence-electron chi connectivity index (χ1n) is 4.06. The summed E-state index contributed by atoms with van der Waals surface area (Å²) < 4.78 is 2.38. The lowest BCUT2D eigenvalue weighted by molar-refractivity contribution is 0.0857. The van der Waals surface area contributed by atoms with E-state index in [-0.39, 0.29) is 11.2 Å². The smallest absolute Gasteiger partial charge is 0.172 e. The quantitative estimate of drug-likeness (QED) is 0.712. The van der Waals surface area contributed by atoms with Crippen LogP contribution in [-0.4, -0.2) is 15.6 Å². The number of hydrogen-bond donors (Lipinski definition) is 0. The first-order chi connectivity index (χ1) is 5.84. The standard InChI is InChI=1S/C9H13BrN2O/c1-9(2,3)7(13)6-5-11-12(4)8(6)10/h5H,1-4H3. The average Bonchev–Trinajstić information content (AvgIpc) is 2.30. The summed E-state index contributed by atoms with van der Waals surface area (Å²) in [6.07, 6.45) is 1.59. The molecule has 0 saturated heterocycles. The molecular weight excluding hydrogens is 232 g/mol. The fourth-order valence-electron chi connectivity index (χ4n) is 0.979. The number of aromatic nitrogens is 2. The number of ketones is 1. The number of carbonyl (C=O) groups excluding carboxylic acids is 1. The molecule has 0 aliphatic rings. The molecule has 0 fully saturated rings. The third-order valence-corrected chi connectivity index (χ3v) is 2.73. The lowest BCUT2D eigenvalue weighted by atomic mass is 9.88. The van der Waals surface area contributed by atoms with Crippen LogP contribution in [0.5, 0.6) is 0 Å². The summed E-state index contributed by atoms with van der Waals surface area (Å²) in [4.78, 5) is 11.8. The fourth-order valence-corrected chi connectivity index (χ4v) is 1.35. The minimum Gasteiger partial charge on any atom is -0.293 e. The lowest BCUT2D eigenvalue weighted by Gasteiger charge is -2.15. The maximum atomic E-state index is 11.8. The Bertz CT molecular complexity index is 336. The molecule has 0 aliphatic heterocycles. The van der Waals surface area contributed by atoms with Crippen LogP contribution in [0.3, 0.4) is 0 Å². The Morgan fingerprint density at radius 1 is 1.54 bits per heavy atom. The predicted octanol–water partition coefficient (Wildman–Crippen LogP) is 2.41. The summed E-state index contributed by atoms with van der Waals surface area (Å²) in [5, 5.41) is 4.00. The zero-order valence-electron chi connectivity index (χ0n) is 8.26. The molecule has 72 valence electrons. The van der Waals surface area contributed by atoms with Gasteiger partial charge in [-0.2, -0.15) is 5.10 Å². The second-order valence-corrected chi connectivity index (χ2v) is 4.80. The Kier molecular flexibility index (Phi) is 2.61. The average molecular weight is 245 g/mol. The second-order valence-electron chi connectivity index (χ2n) is 4.05. The molecule has 0 radical (unpaired) electrons. The van der Waals surface area contributed by atoms with Crippen LogP contribution in [0.4, 0.5) is 0 Å². The first-order valence-corrected chi connectivity index (χ1v) is 4.85. The van der Waals surface area contributed by atoms with Crippen LogP contribution in [-0.2, 0) is 7.05 Å². The molecule has 1 rings (SSSR count). The maximum absolute atomic E-state index is 11.8. The number of rotatable bonds is 1. The monoisotopic (exact) mass is 244 g/mol. The Labute approximate surface area is 86.3 Å². The van der Waals surface area contributed by atoms with E-state index in [4.69, 9.17) is 0 Å². The van der Waals surface area contributed by atoms with E-state index < -0.39 is 0 Å². The third kappa shape index (κ3) is 1.99. The molecule has 1 aromatic heterocycles. The van der Waals surface area contributed by atoms with Crippen molar-refractivity contribution in [1.29, 1.82) is 0 Å². The summed E-state index contributed by atoms with van der Waals surface area (Å²) in [6, 6.07) is 0. The Morgan fingerprint density at radius 2 is 2.08 bits per heavy atom. The summed E-state index contributed by atoms with van der Waals surface area (Å²) in [5.41, 5.74) is 0.293. The number of carbonyl (C=O) groups is 1. The maximum Gasteiger partial charge on any atom is 0.172 e. The predicted molar refractivity (Wildman–Crippen MR) is 54.7 cm³/mol. The van der Waals surface area contributed by atoms with Gasteiger partial charge >= 0.3 is 0 Å². The Morgan fingerprint density at radius 3 is 2.38 bits per heavy atom. The van der Waals surface area contributed by atoms with Gasteiger partial charge in [-0.05, 0) is 15.9 Å². The van der Waals surface area contributed by atoms with Gasteiger partial charge in [-0.25, -0.2) is 0 Å². The van der Waals surface area contributed by atoms with Crippen LogP contribution < -0.4 is 0 Å². The third-order valence-electron chi connectivity index (χ3n) is 1.79. The molecule has 0 N–H and O–H groups in total. The molecular formula is C9H13BrN2O. The molecule has 0 saturated carbocycles. The van der Waals surface area contributed by atoms with Crippen molar-refractivity contribution in [3.8, 4) is 0 Å². The van der Waals surface area contributed by atoms with E-state index in [1.165, 1.54) is 0 Å². The van der Waals surface area contributed by atoms with Crippen molar-refractivity contribution < 1.29 is 4.79 Å². The van der Waals surface area contributed by atoms with E-state index in [9.17, 15) is 4.79 Å². The number of nitrogens with zero attached hydrogens (tertiary/aromatic N) is 2. The summed E-state index contributed by atoms with van der Waals surface area (Å²) >= 11 is 3.32. The molecule has 0 spiro atoms.